The summed E-state index contributed by atoms with van der Waals surface area (Å²) >= 11 is 0. The van der Waals surface area contributed by atoms with Gasteiger partial charge < -0.3 is 37.6 Å². The molecule has 1 aromatic carbocycles. The highest BCUT2D eigenvalue weighted by molar-refractivity contribution is 6.74. The molecule has 2 heterocycles. The van der Waals surface area contributed by atoms with Crippen molar-refractivity contribution in [3.63, 3.8) is 0 Å². The number of carbonyl (C=O) groups is 2. The van der Waals surface area contributed by atoms with Crippen LogP contribution in [-0.4, -0.2) is 95.4 Å². The largest absolute Gasteiger partial charge is 0.458 e. The molecule has 10 nitrogen and oxygen atoms in total. The summed E-state index contributed by atoms with van der Waals surface area (Å²) < 4.78 is 48.7. The molecule has 2 aliphatic heterocycles. The Morgan fingerprint density at radius 2 is 1.56 bits per heavy atom. The van der Waals surface area contributed by atoms with Crippen LogP contribution in [0.15, 0.2) is 54.1 Å². The van der Waals surface area contributed by atoms with Gasteiger partial charge in [-0.1, -0.05) is 87.1 Å². The van der Waals surface area contributed by atoms with Crippen LogP contribution in [0, 0.1) is 16.7 Å². The van der Waals surface area contributed by atoms with Crippen LogP contribution in [0.1, 0.15) is 106 Å². The van der Waals surface area contributed by atoms with Crippen molar-refractivity contribution in [1.82, 2.24) is 0 Å². The third-order valence-corrected chi connectivity index (χ3v) is 24.0. The van der Waals surface area contributed by atoms with E-state index in [4.69, 9.17) is 32.5 Å². The van der Waals surface area contributed by atoms with Crippen molar-refractivity contribution in [3.05, 3.63) is 59.7 Å². The lowest BCUT2D eigenvalue weighted by molar-refractivity contribution is -0.345. The summed E-state index contributed by atoms with van der Waals surface area (Å²) in [7, 11) is -4.44. The number of rotatable bonds is 17. The molecular weight excluding hydrogens is 757 g/mol. The molecule has 0 amide bonds. The number of aliphatic hydroxyl groups is 1. The average Bonchev–Trinajstić information content (AvgIpc) is 3.62. The Bertz CT molecular complexity index is 1570. The number of fused-ring (bicyclic) bond motifs is 5. The van der Waals surface area contributed by atoms with Gasteiger partial charge in [-0.3, -0.25) is 4.79 Å². The van der Waals surface area contributed by atoms with E-state index in [0.29, 0.717) is 24.8 Å². The highest BCUT2D eigenvalue weighted by Gasteiger charge is 2.75. The third-order valence-electron chi connectivity index (χ3n) is 14.7. The number of hydrogen-bond acceptors (Lipinski definition) is 10. The fourth-order valence-corrected chi connectivity index (χ4v) is 16.9. The predicted octanol–water partition coefficient (Wildman–Crippen LogP) is 9.14. The monoisotopic (exact) mass is 828 g/mol. The lowest BCUT2D eigenvalue weighted by atomic mass is 9.48. The summed E-state index contributed by atoms with van der Waals surface area (Å²) in [4.78, 5) is 27.6. The summed E-state index contributed by atoms with van der Waals surface area (Å²) in [6.45, 7) is 27.7. The summed E-state index contributed by atoms with van der Waals surface area (Å²) in [6, 6.07) is 14.7. The fourth-order valence-electron chi connectivity index (χ4n) is 11.1. The Hall–Kier alpha value is -2.17. The molecule has 0 aromatic heterocycles. The van der Waals surface area contributed by atoms with E-state index < -0.39 is 87.7 Å². The summed E-state index contributed by atoms with van der Waals surface area (Å²) in [5, 5.41) is 10.5. The zero-order valence-corrected chi connectivity index (χ0v) is 38.7. The van der Waals surface area contributed by atoms with Gasteiger partial charge in [-0.05, 0) is 90.8 Å². The minimum Gasteiger partial charge on any atom is -0.458 e. The van der Waals surface area contributed by atoms with E-state index in [9.17, 15) is 14.7 Å². The van der Waals surface area contributed by atoms with E-state index in [0.717, 1.165) is 47.4 Å². The fraction of sp³-hybridized carbons (Fsp3) is 0.733. The van der Waals surface area contributed by atoms with E-state index in [1.165, 1.54) is 6.92 Å². The SMILES string of the molecule is C=CC1OC2C(=C(C)C(CCO)O[Si](CC)(CC)CC)C(C)(C)CC(OC(=O)c3ccccc3)C3C4(OC(C)=O)COC4CC(O[Si](CC)(CC)CC)[C@@]3(C)C2O1. The van der Waals surface area contributed by atoms with Crippen LogP contribution >= 0.6 is 0 Å². The molecule has 9 unspecified atom stereocenters. The average molecular weight is 829 g/mol. The number of hydrogen-bond donors (Lipinski definition) is 1. The van der Waals surface area contributed by atoms with Crippen LogP contribution in [0.2, 0.25) is 36.3 Å². The second-order valence-corrected chi connectivity index (χ2v) is 27.3. The Labute approximate surface area is 344 Å². The molecule has 2 saturated carbocycles. The number of esters is 2. The predicted molar refractivity (Wildman–Crippen MR) is 227 cm³/mol. The number of carbonyl (C=O) groups excluding carboxylic acids is 2. The molecule has 57 heavy (non-hydrogen) atoms. The van der Waals surface area contributed by atoms with Crippen molar-refractivity contribution in [1.29, 1.82) is 0 Å². The standard InChI is InChI=1S/C45H72O10Si2/c1-13-37-51-39-38(30(8)33(25-26-46)54-56(14-2,15-3)16-4)43(10,11)28-34(50-42(48)32-23-21-20-22-24-32)40-44(12,41(39)52-37)35(55-57(17-5,18-6)19-7)27-36-45(40,29-49-36)53-31(9)47/h13,20-24,33-37,39-41,46H,1,14-19,25-29H2,2-12H3/t33?,34?,35?,36?,37?,39?,40?,41?,44-,45?/m1/s1. The maximum atomic E-state index is 14.4. The Morgan fingerprint density at radius 3 is 2.07 bits per heavy atom. The summed E-state index contributed by atoms with van der Waals surface area (Å²) in [6.07, 6.45) is -0.948. The molecule has 5 rings (SSSR count). The van der Waals surface area contributed by atoms with Gasteiger partial charge in [-0.2, -0.15) is 0 Å². The molecule has 10 atom stereocenters. The maximum absolute atomic E-state index is 14.4. The number of benzene rings is 1. The Morgan fingerprint density at radius 1 is 0.947 bits per heavy atom. The van der Waals surface area contributed by atoms with Crippen molar-refractivity contribution in [3.8, 4) is 0 Å². The van der Waals surface area contributed by atoms with Crippen LogP contribution in [0.5, 0.6) is 0 Å². The van der Waals surface area contributed by atoms with Crippen molar-refractivity contribution >= 4 is 28.6 Å². The minimum absolute atomic E-state index is 0.0326. The second kappa shape index (κ2) is 18.2. The van der Waals surface area contributed by atoms with Gasteiger partial charge in [0.25, 0.3) is 0 Å². The molecule has 320 valence electrons. The zero-order chi connectivity index (χ0) is 42.0. The lowest BCUT2D eigenvalue weighted by Crippen LogP contribution is -2.79. The van der Waals surface area contributed by atoms with Crippen LogP contribution in [0.4, 0.5) is 0 Å². The Kier molecular flexibility index (Phi) is 14.7. The topological polar surface area (TPSA) is 119 Å². The molecule has 4 aliphatic rings. The van der Waals surface area contributed by atoms with Gasteiger partial charge in [0, 0.05) is 25.4 Å². The van der Waals surface area contributed by atoms with Gasteiger partial charge in [-0.25, -0.2) is 4.79 Å². The molecule has 4 fully saturated rings. The first-order chi connectivity index (χ1) is 27.0. The number of aliphatic hydroxyl groups excluding tert-OH is 1. The molecule has 0 radical (unpaired) electrons. The molecule has 1 N–H and O–H groups in total. The maximum Gasteiger partial charge on any atom is 0.338 e. The van der Waals surface area contributed by atoms with Crippen molar-refractivity contribution in [2.45, 2.75) is 180 Å². The molecule has 2 aliphatic carbocycles. The molecule has 2 saturated heterocycles. The third kappa shape index (κ3) is 8.45. The normalized spacial score (nSPS) is 33.6. The van der Waals surface area contributed by atoms with E-state index in [2.05, 4.69) is 75.8 Å². The van der Waals surface area contributed by atoms with Crippen molar-refractivity contribution in [2.24, 2.45) is 16.7 Å². The molecule has 12 heteroatoms. The van der Waals surface area contributed by atoms with Crippen LogP contribution in [0.3, 0.4) is 0 Å². The lowest BCUT2D eigenvalue weighted by Gasteiger charge is -2.67. The van der Waals surface area contributed by atoms with E-state index >= 15 is 0 Å². The summed E-state index contributed by atoms with van der Waals surface area (Å²) in [5.41, 5.74) is -0.247. The van der Waals surface area contributed by atoms with Crippen LogP contribution in [-0.2, 0) is 37.3 Å². The van der Waals surface area contributed by atoms with Crippen LogP contribution < -0.4 is 0 Å². The summed E-state index contributed by atoms with van der Waals surface area (Å²) in [5.74, 6) is -1.46. The zero-order valence-electron chi connectivity index (χ0n) is 36.7. The van der Waals surface area contributed by atoms with E-state index in [1.54, 1.807) is 18.2 Å². The van der Waals surface area contributed by atoms with Gasteiger partial charge in [0.2, 0.25) is 0 Å². The van der Waals surface area contributed by atoms with Gasteiger partial charge in [-0.15, -0.1) is 0 Å². The molecule has 0 spiro atoms. The quantitative estimate of drug-likeness (QED) is 0.0926. The van der Waals surface area contributed by atoms with Crippen molar-refractivity contribution in [2.75, 3.05) is 13.2 Å². The smallest absolute Gasteiger partial charge is 0.338 e. The van der Waals surface area contributed by atoms with Gasteiger partial charge in [0.15, 0.2) is 28.5 Å². The van der Waals surface area contributed by atoms with E-state index in [-0.39, 0.29) is 19.3 Å². The minimum atomic E-state index is -2.30. The Balaban J connectivity index is 1.83. The first-order valence-electron chi connectivity index (χ1n) is 21.7. The van der Waals surface area contributed by atoms with Gasteiger partial charge in [0.05, 0.1) is 36.4 Å². The first kappa shape index (κ1) is 45.9. The molecule has 1 aromatic rings. The van der Waals surface area contributed by atoms with E-state index in [1.807, 2.05) is 18.2 Å². The van der Waals surface area contributed by atoms with Crippen molar-refractivity contribution < 1.29 is 47.2 Å². The van der Waals surface area contributed by atoms with Gasteiger partial charge >= 0.3 is 11.9 Å². The number of ether oxygens (including phenoxy) is 5. The second-order valence-electron chi connectivity index (χ2n) is 17.9. The first-order valence-corrected chi connectivity index (χ1v) is 26.8. The molecule has 0 bridgehead atoms. The van der Waals surface area contributed by atoms with Gasteiger partial charge in [0.1, 0.15) is 18.3 Å². The van der Waals surface area contributed by atoms with Crippen LogP contribution in [0.25, 0.3) is 0 Å². The highest BCUT2D eigenvalue weighted by atomic mass is 28.4. The molecular formula is C45H72O10Si2. The highest BCUT2D eigenvalue weighted by Crippen LogP contribution is 2.64.